The number of hydrogen-bond acceptors (Lipinski definition) is 5. The van der Waals surface area contributed by atoms with Crippen molar-refractivity contribution in [2.24, 2.45) is 0 Å². The molecule has 2 aromatic carbocycles. The predicted molar refractivity (Wildman–Crippen MR) is 102 cm³/mol. The molecule has 3 rings (SSSR count). The average molecular weight is 403 g/mol. The van der Waals surface area contributed by atoms with Crippen molar-refractivity contribution >= 4 is 23.5 Å². The van der Waals surface area contributed by atoms with Gasteiger partial charge in [-0.25, -0.2) is 4.39 Å². The molecule has 0 fully saturated rings. The highest BCUT2D eigenvalue weighted by molar-refractivity contribution is 6.32. The van der Waals surface area contributed by atoms with E-state index in [0.717, 1.165) is 6.07 Å². The van der Waals surface area contributed by atoms with Crippen molar-refractivity contribution in [3.63, 3.8) is 0 Å². The zero-order chi connectivity index (χ0) is 20.1. The number of benzene rings is 2. The summed E-state index contributed by atoms with van der Waals surface area (Å²) in [4.78, 5) is 12.2. The van der Waals surface area contributed by atoms with Gasteiger partial charge in [0.25, 0.3) is 0 Å². The average Bonchev–Trinajstić information content (AvgIpc) is 3.13. The summed E-state index contributed by atoms with van der Waals surface area (Å²) in [7, 11) is 1.41. The van der Waals surface area contributed by atoms with Crippen LogP contribution in [0.3, 0.4) is 0 Å². The number of allylic oxidation sites excluding steroid dienone is 1. The molecule has 144 valence electrons. The Morgan fingerprint density at radius 1 is 1.18 bits per heavy atom. The zero-order valence-corrected chi connectivity index (χ0v) is 15.6. The van der Waals surface area contributed by atoms with E-state index in [0.29, 0.717) is 22.8 Å². The van der Waals surface area contributed by atoms with Crippen molar-refractivity contribution in [3.05, 3.63) is 82.5 Å². The van der Waals surface area contributed by atoms with Crippen molar-refractivity contribution in [3.8, 4) is 17.2 Å². The lowest BCUT2D eigenvalue weighted by Gasteiger charge is -2.06. The van der Waals surface area contributed by atoms with Crippen LogP contribution >= 0.6 is 11.6 Å². The second kappa shape index (κ2) is 8.63. The molecule has 0 aliphatic carbocycles. The summed E-state index contributed by atoms with van der Waals surface area (Å²) in [6.07, 6.45) is 2.88. The first-order valence-corrected chi connectivity index (χ1v) is 8.60. The van der Waals surface area contributed by atoms with Crippen LogP contribution in [0.25, 0.3) is 6.08 Å². The van der Waals surface area contributed by atoms with Crippen LogP contribution in [-0.4, -0.2) is 18.0 Å². The number of carbonyl (C=O) groups is 1. The topological polar surface area (TPSA) is 68.9 Å². The Balaban J connectivity index is 1.63. The van der Waals surface area contributed by atoms with Gasteiger partial charge in [0.05, 0.1) is 12.1 Å². The molecule has 1 heterocycles. The van der Waals surface area contributed by atoms with Crippen LogP contribution in [0.1, 0.15) is 21.9 Å². The Morgan fingerprint density at radius 3 is 2.75 bits per heavy atom. The van der Waals surface area contributed by atoms with Gasteiger partial charge in [0, 0.05) is 5.56 Å². The molecule has 1 aromatic heterocycles. The quantitative estimate of drug-likeness (QED) is 0.431. The van der Waals surface area contributed by atoms with Crippen molar-refractivity contribution in [1.29, 1.82) is 0 Å². The minimum atomic E-state index is -0.446. The normalized spacial score (nSPS) is 11.0. The lowest BCUT2D eigenvalue weighted by atomic mass is 10.1. The van der Waals surface area contributed by atoms with Crippen LogP contribution < -0.4 is 9.47 Å². The van der Waals surface area contributed by atoms with E-state index in [9.17, 15) is 14.3 Å². The Labute approximate surface area is 165 Å². The van der Waals surface area contributed by atoms with Crippen LogP contribution in [0.15, 0.2) is 59.0 Å². The molecule has 1 N–H and O–H groups in total. The largest absolute Gasteiger partial charge is 0.504 e. The predicted octanol–water partition coefficient (Wildman–Crippen LogP) is 5.26. The van der Waals surface area contributed by atoms with Gasteiger partial charge in [-0.2, -0.15) is 0 Å². The summed E-state index contributed by atoms with van der Waals surface area (Å²) >= 11 is 5.91. The van der Waals surface area contributed by atoms with Gasteiger partial charge in [0.1, 0.15) is 29.7 Å². The Morgan fingerprint density at radius 2 is 2.00 bits per heavy atom. The highest BCUT2D eigenvalue weighted by Crippen LogP contribution is 2.27. The second-order valence-corrected chi connectivity index (χ2v) is 6.16. The molecular formula is C21H16ClFO5. The highest BCUT2D eigenvalue weighted by Gasteiger charge is 2.09. The number of aromatic hydroxyl groups is 1. The second-order valence-electron chi connectivity index (χ2n) is 5.75. The van der Waals surface area contributed by atoms with E-state index in [-0.39, 0.29) is 28.9 Å². The van der Waals surface area contributed by atoms with Crippen LogP contribution in [0.4, 0.5) is 4.39 Å². The SMILES string of the molecule is COc1cc(C(=O)/C=C/c2ccc(COc3ccc(F)cc3Cl)o2)ccc1O. The number of carbonyl (C=O) groups excluding carboxylic acids is 1. The van der Waals surface area contributed by atoms with Crippen molar-refractivity contribution in [1.82, 2.24) is 0 Å². The maximum Gasteiger partial charge on any atom is 0.186 e. The fraction of sp³-hybridized carbons (Fsp3) is 0.0952. The molecule has 0 radical (unpaired) electrons. The number of phenols is 1. The van der Waals surface area contributed by atoms with Crippen LogP contribution in [0.2, 0.25) is 5.02 Å². The minimum Gasteiger partial charge on any atom is -0.504 e. The third kappa shape index (κ3) is 4.72. The molecule has 0 atom stereocenters. The molecule has 0 amide bonds. The molecule has 0 aliphatic heterocycles. The van der Waals surface area contributed by atoms with E-state index in [1.54, 1.807) is 12.1 Å². The van der Waals surface area contributed by atoms with Gasteiger partial charge in [-0.05, 0) is 60.7 Å². The minimum absolute atomic E-state index is 0.0417. The van der Waals surface area contributed by atoms with Crippen molar-refractivity contribution in [2.45, 2.75) is 6.61 Å². The highest BCUT2D eigenvalue weighted by atomic mass is 35.5. The van der Waals surface area contributed by atoms with Crippen molar-refractivity contribution in [2.75, 3.05) is 7.11 Å². The summed E-state index contributed by atoms with van der Waals surface area (Å²) < 4.78 is 29.1. The molecule has 0 saturated heterocycles. The number of halogens is 2. The number of ketones is 1. The van der Waals surface area contributed by atoms with Gasteiger partial charge in [-0.15, -0.1) is 0 Å². The van der Waals surface area contributed by atoms with E-state index in [2.05, 4.69) is 0 Å². The Bertz CT molecular complexity index is 1030. The van der Waals surface area contributed by atoms with Crippen LogP contribution in [0, 0.1) is 5.82 Å². The molecule has 0 unspecified atom stereocenters. The maximum atomic E-state index is 13.0. The lowest BCUT2D eigenvalue weighted by molar-refractivity contribution is 0.104. The molecule has 5 nitrogen and oxygen atoms in total. The van der Waals surface area contributed by atoms with Gasteiger partial charge < -0.3 is 19.0 Å². The zero-order valence-electron chi connectivity index (χ0n) is 14.8. The Kier molecular flexibility index (Phi) is 6.01. The van der Waals surface area contributed by atoms with Crippen LogP contribution in [0.5, 0.6) is 17.2 Å². The maximum absolute atomic E-state index is 13.0. The summed E-state index contributed by atoms with van der Waals surface area (Å²) in [5.41, 5.74) is 0.368. The summed E-state index contributed by atoms with van der Waals surface area (Å²) in [6.45, 7) is 0.0995. The first-order chi connectivity index (χ1) is 13.5. The molecule has 0 aliphatic rings. The van der Waals surface area contributed by atoms with E-state index < -0.39 is 5.82 Å². The number of ether oxygens (including phenoxy) is 2. The first kappa shape index (κ1) is 19.5. The van der Waals surface area contributed by atoms with Gasteiger partial charge >= 0.3 is 0 Å². The van der Waals surface area contributed by atoms with E-state index >= 15 is 0 Å². The monoisotopic (exact) mass is 402 g/mol. The third-order valence-electron chi connectivity index (χ3n) is 3.81. The van der Waals surface area contributed by atoms with E-state index in [1.165, 1.54) is 49.6 Å². The number of methoxy groups -OCH3 is 1. The Hall–Kier alpha value is -3.25. The summed E-state index contributed by atoms with van der Waals surface area (Å²) in [6, 6.07) is 11.6. The van der Waals surface area contributed by atoms with Gasteiger partial charge in [0.15, 0.2) is 17.3 Å². The fourth-order valence-electron chi connectivity index (χ4n) is 2.39. The third-order valence-corrected chi connectivity index (χ3v) is 4.10. The number of hydrogen-bond donors (Lipinski definition) is 1. The van der Waals surface area contributed by atoms with E-state index in [4.69, 9.17) is 25.5 Å². The molecule has 0 bridgehead atoms. The standard InChI is InChI=1S/C21H16ClFO5/c1-26-21-10-13(2-7-19(21)25)18(24)8-6-15-4-5-16(28-15)12-27-20-9-3-14(23)11-17(20)22/h2-11,25H,12H2,1H3/b8-6+. The molecule has 0 saturated carbocycles. The molecule has 3 aromatic rings. The molecule has 28 heavy (non-hydrogen) atoms. The van der Waals surface area contributed by atoms with Crippen molar-refractivity contribution < 1.29 is 28.2 Å². The summed E-state index contributed by atoms with van der Waals surface area (Å²) in [5, 5.41) is 9.75. The molecular weight excluding hydrogens is 387 g/mol. The smallest absolute Gasteiger partial charge is 0.186 e. The number of phenolic OH excluding ortho intramolecular Hbond substituents is 1. The van der Waals surface area contributed by atoms with Gasteiger partial charge in [0.2, 0.25) is 0 Å². The van der Waals surface area contributed by atoms with Gasteiger partial charge in [-0.1, -0.05) is 11.6 Å². The van der Waals surface area contributed by atoms with Gasteiger partial charge in [-0.3, -0.25) is 4.79 Å². The molecule has 0 spiro atoms. The summed E-state index contributed by atoms with van der Waals surface area (Å²) in [5.74, 6) is 0.773. The first-order valence-electron chi connectivity index (χ1n) is 8.22. The lowest BCUT2D eigenvalue weighted by Crippen LogP contribution is -1.95. The number of rotatable bonds is 7. The van der Waals surface area contributed by atoms with Crippen LogP contribution in [-0.2, 0) is 6.61 Å². The number of furan rings is 1. The molecule has 7 heteroatoms. The fourth-order valence-corrected chi connectivity index (χ4v) is 2.61. The van der Waals surface area contributed by atoms with E-state index in [1.807, 2.05) is 0 Å².